The van der Waals surface area contributed by atoms with Gasteiger partial charge in [-0.1, -0.05) is 35.5 Å². The van der Waals surface area contributed by atoms with Gasteiger partial charge in [0.05, 0.1) is 37.3 Å². The highest BCUT2D eigenvalue weighted by Crippen LogP contribution is 2.37. The van der Waals surface area contributed by atoms with Crippen molar-refractivity contribution in [3.05, 3.63) is 59.5 Å². The van der Waals surface area contributed by atoms with Crippen molar-refractivity contribution in [2.24, 2.45) is 0 Å². The molecule has 180 valence electrons. The standard InChI is InChI=1S/C23H24ClN9O2/c1-3-20(34)27-16-8-4-7-15-14(16)6-5-9-19(15)33-22-18(30-31-33)12-25-23(29-22)28-17-13-26-32(21(17)24)10-11-35-2/h3-4,7-8,12-13,19H,1,5-6,9-11H2,2H3,(H,27,34)(H,25,28,29). The highest BCUT2D eigenvalue weighted by Gasteiger charge is 2.27. The van der Waals surface area contributed by atoms with Crippen LogP contribution in [0.4, 0.5) is 17.3 Å². The van der Waals surface area contributed by atoms with Gasteiger partial charge in [-0.2, -0.15) is 10.1 Å². The molecule has 0 bridgehead atoms. The summed E-state index contributed by atoms with van der Waals surface area (Å²) in [5.74, 6) is 0.122. The summed E-state index contributed by atoms with van der Waals surface area (Å²) in [5.41, 5.74) is 4.74. The van der Waals surface area contributed by atoms with Gasteiger partial charge in [-0.05, 0) is 42.5 Å². The quantitative estimate of drug-likeness (QED) is 0.357. The third-order valence-corrected chi connectivity index (χ3v) is 6.36. The molecular formula is C23H24ClN9O2. The highest BCUT2D eigenvalue weighted by molar-refractivity contribution is 6.32. The largest absolute Gasteiger partial charge is 0.383 e. The predicted octanol–water partition coefficient (Wildman–Crippen LogP) is 3.51. The molecule has 0 saturated heterocycles. The van der Waals surface area contributed by atoms with Crippen LogP contribution >= 0.6 is 11.6 Å². The normalized spacial score (nSPS) is 15.1. The molecule has 3 heterocycles. The lowest BCUT2D eigenvalue weighted by Gasteiger charge is -2.27. The summed E-state index contributed by atoms with van der Waals surface area (Å²) >= 11 is 6.44. The van der Waals surface area contributed by atoms with Crippen LogP contribution in [-0.2, 0) is 22.5 Å². The zero-order valence-corrected chi connectivity index (χ0v) is 19.9. The third-order valence-electron chi connectivity index (χ3n) is 5.96. The van der Waals surface area contributed by atoms with E-state index in [2.05, 4.69) is 48.7 Å². The molecule has 35 heavy (non-hydrogen) atoms. The first kappa shape index (κ1) is 22.9. The van der Waals surface area contributed by atoms with Crippen molar-refractivity contribution in [1.29, 1.82) is 0 Å². The predicted molar refractivity (Wildman–Crippen MR) is 132 cm³/mol. The Morgan fingerprint density at radius 2 is 2.23 bits per heavy atom. The molecule has 1 aromatic carbocycles. The Balaban J connectivity index is 1.47. The number of benzene rings is 1. The van der Waals surface area contributed by atoms with Crippen LogP contribution < -0.4 is 10.6 Å². The van der Waals surface area contributed by atoms with Gasteiger partial charge in [-0.15, -0.1) is 5.10 Å². The number of anilines is 3. The molecule has 1 unspecified atom stereocenters. The fraction of sp³-hybridized carbons (Fsp3) is 0.304. The van der Waals surface area contributed by atoms with Crippen LogP contribution in [0.5, 0.6) is 0 Å². The summed E-state index contributed by atoms with van der Waals surface area (Å²) in [6, 6.07) is 5.82. The van der Waals surface area contributed by atoms with Gasteiger partial charge in [0, 0.05) is 12.8 Å². The third kappa shape index (κ3) is 4.47. The van der Waals surface area contributed by atoms with Gasteiger partial charge in [0.2, 0.25) is 11.9 Å². The van der Waals surface area contributed by atoms with E-state index >= 15 is 0 Å². The number of amides is 1. The number of carbonyl (C=O) groups excluding carboxylic acids is 1. The number of hydrogen-bond donors (Lipinski definition) is 2. The van der Waals surface area contributed by atoms with Crippen LogP contribution in [-0.4, -0.2) is 54.4 Å². The second-order valence-corrected chi connectivity index (χ2v) is 8.46. The van der Waals surface area contributed by atoms with Crippen LogP contribution in [0.1, 0.15) is 30.0 Å². The lowest BCUT2D eigenvalue weighted by atomic mass is 9.86. The van der Waals surface area contributed by atoms with E-state index in [0.29, 0.717) is 41.1 Å². The van der Waals surface area contributed by atoms with Crippen LogP contribution in [0, 0.1) is 0 Å². The topological polar surface area (TPSA) is 125 Å². The molecule has 0 aliphatic heterocycles. The molecule has 4 aromatic rings. The number of aromatic nitrogens is 7. The molecule has 1 amide bonds. The molecule has 0 fully saturated rings. The van der Waals surface area contributed by atoms with E-state index in [-0.39, 0.29) is 11.9 Å². The summed E-state index contributed by atoms with van der Waals surface area (Å²) in [5, 5.41) is 19.4. The number of nitrogens with one attached hydrogen (secondary N) is 2. The van der Waals surface area contributed by atoms with E-state index in [1.807, 2.05) is 16.8 Å². The Labute approximate surface area is 206 Å². The van der Waals surface area contributed by atoms with Gasteiger partial charge >= 0.3 is 0 Å². The lowest BCUT2D eigenvalue weighted by Crippen LogP contribution is -2.21. The van der Waals surface area contributed by atoms with Gasteiger partial charge < -0.3 is 15.4 Å². The number of rotatable bonds is 8. The highest BCUT2D eigenvalue weighted by atomic mass is 35.5. The first-order chi connectivity index (χ1) is 17.1. The zero-order chi connectivity index (χ0) is 24.4. The van der Waals surface area contributed by atoms with E-state index < -0.39 is 0 Å². The second-order valence-electron chi connectivity index (χ2n) is 8.10. The van der Waals surface area contributed by atoms with Gasteiger partial charge in [0.15, 0.2) is 16.3 Å². The second kappa shape index (κ2) is 9.80. The minimum absolute atomic E-state index is 0.0764. The van der Waals surface area contributed by atoms with Crippen molar-refractivity contribution in [3.8, 4) is 0 Å². The van der Waals surface area contributed by atoms with E-state index in [1.54, 1.807) is 24.2 Å². The summed E-state index contributed by atoms with van der Waals surface area (Å²) in [4.78, 5) is 21.0. The number of hydrogen-bond acceptors (Lipinski definition) is 8. The Hall–Kier alpha value is -3.83. The van der Waals surface area contributed by atoms with E-state index in [1.165, 1.54) is 6.08 Å². The van der Waals surface area contributed by atoms with E-state index in [9.17, 15) is 4.79 Å². The summed E-state index contributed by atoms with van der Waals surface area (Å²) < 4.78 is 8.55. The molecule has 11 nitrogen and oxygen atoms in total. The number of ether oxygens (including phenoxy) is 1. The number of carbonyl (C=O) groups is 1. The zero-order valence-electron chi connectivity index (χ0n) is 19.1. The number of nitrogens with zero attached hydrogens (tertiary/aromatic N) is 7. The summed E-state index contributed by atoms with van der Waals surface area (Å²) in [6.07, 6.45) is 7.18. The molecule has 1 atom stereocenters. The van der Waals surface area contributed by atoms with Crippen LogP contribution in [0.2, 0.25) is 5.15 Å². The molecule has 1 aliphatic carbocycles. The van der Waals surface area contributed by atoms with Crippen molar-refractivity contribution < 1.29 is 9.53 Å². The molecule has 0 saturated carbocycles. The number of halogens is 1. The summed E-state index contributed by atoms with van der Waals surface area (Å²) in [7, 11) is 1.62. The van der Waals surface area contributed by atoms with Crippen LogP contribution in [0.15, 0.2) is 43.2 Å². The Kier molecular flexibility index (Phi) is 6.43. The van der Waals surface area contributed by atoms with Crippen molar-refractivity contribution >= 4 is 46.0 Å². The van der Waals surface area contributed by atoms with Crippen molar-refractivity contribution in [3.63, 3.8) is 0 Å². The van der Waals surface area contributed by atoms with Crippen LogP contribution in [0.3, 0.4) is 0 Å². The van der Waals surface area contributed by atoms with Crippen molar-refractivity contribution in [1.82, 2.24) is 34.7 Å². The lowest BCUT2D eigenvalue weighted by molar-refractivity contribution is -0.111. The summed E-state index contributed by atoms with van der Waals surface area (Å²) in [6.45, 7) is 4.57. The molecular weight excluding hydrogens is 470 g/mol. The van der Waals surface area contributed by atoms with Gasteiger partial charge in [-0.3, -0.25) is 4.79 Å². The average molecular weight is 494 g/mol. The Bertz CT molecular complexity index is 1400. The van der Waals surface area contributed by atoms with Gasteiger partial charge in [0.25, 0.3) is 0 Å². The van der Waals surface area contributed by atoms with Gasteiger partial charge in [-0.25, -0.2) is 14.3 Å². The molecule has 12 heteroatoms. The minimum atomic E-state index is -0.237. The maximum absolute atomic E-state index is 11.9. The number of fused-ring (bicyclic) bond motifs is 2. The molecule has 3 aromatic heterocycles. The maximum atomic E-state index is 11.9. The number of methoxy groups -OCH3 is 1. The fourth-order valence-corrected chi connectivity index (χ4v) is 4.53. The minimum Gasteiger partial charge on any atom is -0.383 e. The Morgan fingerprint density at radius 1 is 1.34 bits per heavy atom. The molecule has 2 N–H and O–H groups in total. The molecule has 0 spiro atoms. The molecule has 1 aliphatic rings. The van der Waals surface area contributed by atoms with E-state index in [0.717, 1.165) is 36.1 Å². The Morgan fingerprint density at radius 3 is 3.06 bits per heavy atom. The molecule has 0 radical (unpaired) electrons. The van der Waals surface area contributed by atoms with Crippen molar-refractivity contribution in [2.75, 3.05) is 24.4 Å². The SMILES string of the molecule is C=CC(=O)Nc1cccc2c1CCCC2n1nnc2cnc(Nc3cnn(CCOC)c3Cl)nc21. The molecule has 5 rings (SSSR count). The van der Waals surface area contributed by atoms with Crippen LogP contribution in [0.25, 0.3) is 11.2 Å². The average Bonchev–Trinajstić information content (AvgIpc) is 3.45. The van der Waals surface area contributed by atoms with Gasteiger partial charge in [0.1, 0.15) is 0 Å². The first-order valence-electron chi connectivity index (χ1n) is 11.2. The first-order valence-corrected chi connectivity index (χ1v) is 11.6. The maximum Gasteiger partial charge on any atom is 0.247 e. The van der Waals surface area contributed by atoms with Crippen molar-refractivity contribution in [2.45, 2.75) is 31.8 Å². The smallest absolute Gasteiger partial charge is 0.247 e. The fourth-order valence-electron chi connectivity index (χ4n) is 4.30. The monoisotopic (exact) mass is 493 g/mol. The van der Waals surface area contributed by atoms with E-state index in [4.69, 9.17) is 16.3 Å².